The van der Waals surface area contributed by atoms with Crippen LogP contribution in [0.2, 0.25) is 5.02 Å². The molecule has 0 aliphatic rings. The molecular formula is C15H16ClNO3. The second-order valence-electron chi connectivity index (χ2n) is 4.26. The van der Waals surface area contributed by atoms with Crippen molar-refractivity contribution in [1.82, 2.24) is 0 Å². The van der Waals surface area contributed by atoms with Crippen LogP contribution >= 0.6 is 11.6 Å². The number of halogens is 1. The second-order valence-corrected chi connectivity index (χ2v) is 4.67. The SMILES string of the molecule is CCc1ccc(CNc2ccc(Cl)c(C(=O)OC)c2)o1. The fourth-order valence-corrected chi connectivity index (χ4v) is 1.99. The summed E-state index contributed by atoms with van der Waals surface area (Å²) >= 11 is 5.96. The minimum Gasteiger partial charge on any atom is -0.465 e. The van der Waals surface area contributed by atoms with Gasteiger partial charge in [-0.25, -0.2) is 4.79 Å². The summed E-state index contributed by atoms with van der Waals surface area (Å²) in [6.07, 6.45) is 0.868. The summed E-state index contributed by atoms with van der Waals surface area (Å²) in [6.45, 7) is 2.58. The average molecular weight is 294 g/mol. The number of rotatable bonds is 5. The topological polar surface area (TPSA) is 51.5 Å². The molecule has 106 valence electrons. The van der Waals surface area contributed by atoms with E-state index in [4.69, 9.17) is 16.0 Å². The summed E-state index contributed by atoms with van der Waals surface area (Å²) in [4.78, 5) is 11.5. The molecule has 2 aromatic rings. The summed E-state index contributed by atoms with van der Waals surface area (Å²) in [7, 11) is 1.33. The van der Waals surface area contributed by atoms with E-state index in [1.165, 1.54) is 7.11 Å². The highest BCUT2D eigenvalue weighted by atomic mass is 35.5. The van der Waals surface area contributed by atoms with Crippen molar-refractivity contribution >= 4 is 23.3 Å². The summed E-state index contributed by atoms with van der Waals surface area (Å²) in [6, 6.07) is 9.02. The number of hydrogen-bond donors (Lipinski definition) is 1. The van der Waals surface area contributed by atoms with Gasteiger partial charge in [-0.2, -0.15) is 0 Å². The molecule has 2 rings (SSSR count). The van der Waals surface area contributed by atoms with E-state index in [1.54, 1.807) is 18.2 Å². The normalized spacial score (nSPS) is 10.3. The van der Waals surface area contributed by atoms with Crippen molar-refractivity contribution in [3.05, 3.63) is 52.4 Å². The van der Waals surface area contributed by atoms with Crippen molar-refractivity contribution in [2.45, 2.75) is 19.9 Å². The van der Waals surface area contributed by atoms with Crippen LogP contribution in [0.1, 0.15) is 28.8 Å². The summed E-state index contributed by atoms with van der Waals surface area (Å²) in [5.41, 5.74) is 1.12. The highest BCUT2D eigenvalue weighted by molar-refractivity contribution is 6.33. The lowest BCUT2D eigenvalue weighted by atomic mass is 10.2. The maximum Gasteiger partial charge on any atom is 0.339 e. The predicted molar refractivity (Wildman–Crippen MR) is 78.2 cm³/mol. The van der Waals surface area contributed by atoms with Crippen molar-refractivity contribution in [3.63, 3.8) is 0 Å². The predicted octanol–water partition coefficient (Wildman–Crippen LogP) is 3.89. The molecule has 0 aliphatic heterocycles. The molecule has 1 N–H and O–H groups in total. The van der Waals surface area contributed by atoms with Gasteiger partial charge in [0.1, 0.15) is 11.5 Å². The van der Waals surface area contributed by atoms with E-state index in [0.717, 1.165) is 23.6 Å². The molecule has 0 saturated heterocycles. The molecule has 0 aliphatic carbocycles. The molecule has 1 aromatic carbocycles. The number of nitrogens with one attached hydrogen (secondary N) is 1. The van der Waals surface area contributed by atoms with Gasteiger partial charge in [-0.05, 0) is 30.3 Å². The van der Waals surface area contributed by atoms with Crippen LogP contribution in [0.5, 0.6) is 0 Å². The first-order valence-electron chi connectivity index (χ1n) is 6.33. The number of ether oxygens (including phenoxy) is 1. The van der Waals surface area contributed by atoms with Crippen molar-refractivity contribution in [2.24, 2.45) is 0 Å². The van der Waals surface area contributed by atoms with Gasteiger partial charge in [-0.15, -0.1) is 0 Å². The zero-order chi connectivity index (χ0) is 14.5. The third kappa shape index (κ3) is 3.33. The van der Waals surface area contributed by atoms with Crippen LogP contribution in [0.4, 0.5) is 5.69 Å². The van der Waals surface area contributed by atoms with Gasteiger partial charge in [-0.1, -0.05) is 18.5 Å². The highest BCUT2D eigenvalue weighted by Crippen LogP contribution is 2.22. The Labute approximate surface area is 122 Å². The molecule has 0 fully saturated rings. The Morgan fingerprint density at radius 3 is 2.70 bits per heavy atom. The number of hydrogen-bond acceptors (Lipinski definition) is 4. The number of aryl methyl sites for hydroxylation is 1. The Balaban J connectivity index is 2.08. The van der Waals surface area contributed by atoms with E-state index < -0.39 is 5.97 Å². The van der Waals surface area contributed by atoms with Gasteiger partial charge in [0.15, 0.2) is 0 Å². The Morgan fingerprint density at radius 1 is 1.30 bits per heavy atom. The van der Waals surface area contributed by atoms with Gasteiger partial charge >= 0.3 is 5.97 Å². The number of carbonyl (C=O) groups excluding carboxylic acids is 1. The summed E-state index contributed by atoms with van der Waals surface area (Å²) in [5.74, 6) is 1.34. The zero-order valence-corrected chi connectivity index (χ0v) is 12.2. The first kappa shape index (κ1) is 14.5. The first-order chi connectivity index (χ1) is 9.63. The molecular weight excluding hydrogens is 278 g/mol. The molecule has 0 saturated carbocycles. The molecule has 0 spiro atoms. The van der Waals surface area contributed by atoms with E-state index in [1.807, 2.05) is 19.1 Å². The van der Waals surface area contributed by atoms with E-state index in [2.05, 4.69) is 10.1 Å². The Morgan fingerprint density at radius 2 is 2.05 bits per heavy atom. The van der Waals surface area contributed by atoms with Crippen LogP contribution < -0.4 is 5.32 Å². The van der Waals surface area contributed by atoms with Crippen LogP contribution in [0.25, 0.3) is 0 Å². The maximum absolute atomic E-state index is 11.5. The van der Waals surface area contributed by atoms with Gasteiger partial charge in [-0.3, -0.25) is 0 Å². The van der Waals surface area contributed by atoms with Crippen molar-refractivity contribution in [1.29, 1.82) is 0 Å². The van der Waals surface area contributed by atoms with Crippen molar-refractivity contribution in [3.8, 4) is 0 Å². The zero-order valence-electron chi connectivity index (χ0n) is 11.4. The fraction of sp³-hybridized carbons (Fsp3) is 0.267. The van der Waals surface area contributed by atoms with Crippen molar-refractivity contribution in [2.75, 3.05) is 12.4 Å². The average Bonchev–Trinajstić information content (AvgIpc) is 2.93. The number of benzene rings is 1. The minimum atomic E-state index is -0.454. The van der Waals surface area contributed by atoms with E-state index in [0.29, 0.717) is 17.1 Å². The highest BCUT2D eigenvalue weighted by Gasteiger charge is 2.11. The molecule has 4 nitrogen and oxygen atoms in total. The number of carbonyl (C=O) groups is 1. The number of esters is 1. The quantitative estimate of drug-likeness (QED) is 0.850. The van der Waals surface area contributed by atoms with Crippen molar-refractivity contribution < 1.29 is 13.9 Å². The smallest absolute Gasteiger partial charge is 0.339 e. The first-order valence-corrected chi connectivity index (χ1v) is 6.71. The third-order valence-corrected chi connectivity index (χ3v) is 3.23. The summed E-state index contributed by atoms with van der Waals surface area (Å²) < 4.78 is 10.3. The third-order valence-electron chi connectivity index (χ3n) is 2.90. The molecule has 0 amide bonds. The van der Waals surface area contributed by atoms with Gasteiger partial charge < -0.3 is 14.5 Å². The van der Waals surface area contributed by atoms with Crippen LogP contribution in [-0.4, -0.2) is 13.1 Å². The monoisotopic (exact) mass is 293 g/mol. The minimum absolute atomic E-state index is 0.341. The van der Waals surface area contributed by atoms with Gasteiger partial charge in [0.25, 0.3) is 0 Å². The lowest BCUT2D eigenvalue weighted by molar-refractivity contribution is 0.0601. The Bertz CT molecular complexity index is 607. The molecule has 0 bridgehead atoms. The van der Waals surface area contributed by atoms with E-state index in [9.17, 15) is 4.79 Å². The largest absolute Gasteiger partial charge is 0.465 e. The van der Waals surface area contributed by atoms with Crippen LogP contribution in [0.15, 0.2) is 34.7 Å². The lowest BCUT2D eigenvalue weighted by Gasteiger charge is -2.08. The number of methoxy groups -OCH3 is 1. The van der Waals surface area contributed by atoms with E-state index in [-0.39, 0.29) is 0 Å². The molecule has 1 heterocycles. The van der Waals surface area contributed by atoms with E-state index >= 15 is 0 Å². The fourth-order valence-electron chi connectivity index (χ4n) is 1.80. The van der Waals surface area contributed by atoms with Crippen LogP contribution in [-0.2, 0) is 17.7 Å². The molecule has 1 aromatic heterocycles. The maximum atomic E-state index is 11.5. The Hall–Kier alpha value is -1.94. The number of furan rings is 1. The summed E-state index contributed by atoms with van der Waals surface area (Å²) in [5, 5.41) is 3.55. The lowest BCUT2D eigenvalue weighted by Crippen LogP contribution is -2.04. The number of anilines is 1. The molecule has 0 atom stereocenters. The molecule has 0 radical (unpaired) electrons. The molecule has 5 heteroatoms. The molecule has 20 heavy (non-hydrogen) atoms. The standard InChI is InChI=1S/C15H16ClNO3/c1-3-11-5-6-12(20-11)9-17-10-4-7-14(16)13(8-10)15(18)19-2/h4-8,17H,3,9H2,1-2H3. The second kappa shape index (κ2) is 6.48. The molecule has 0 unspecified atom stereocenters. The Kier molecular flexibility index (Phi) is 4.69. The van der Waals surface area contributed by atoms with Crippen LogP contribution in [0.3, 0.4) is 0 Å². The van der Waals surface area contributed by atoms with Crippen LogP contribution in [0, 0.1) is 0 Å². The van der Waals surface area contributed by atoms with Gasteiger partial charge in [0, 0.05) is 12.1 Å². The van der Waals surface area contributed by atoms with Gasteiger partial charge in [0.05, 0.1) is 24.2 Å². The van der Waals surface area contributed by atoms with Gasteiger partial charge in [0.2, 0.25) is 0 Å².